The molecule has 1 aromatic carbocycles. The van der Waals surface area contributed by atoms with E-state index in [4.69, 9.17) is 9.47 Å². The average molecular weight is 341 g/mol. The minimum absolute atomic E-state index is 0.127. The Bertz CT molecular complexity index is 755. The van der Waals surface area contributed by atoms with Crippen LogP contribution in [0.3, 0.4) is 0 Å². The molecule has 2 heterocycles. The van der Waals surface area contributed by atoms with Crippen molar-refractivity contribution in [2.75, 3.05) is 18.2 Å². The van der Waals surface area contributed by atoms with Crippen molar-refractivity contribution in [2.24, 2.45) is 5.10 Å². The second kappa shape index (κ2) is 7.21. The fourth-order valence-electron chi connectivity index (χ4n) is 2.62. The highest BCUT2D eigenvalue weighted by molar-refractivity contribution is 6.36. The molecule has 130 valence electrons. The van der Waals surface area contributed by atoms with Crippen LogP contribution in [0.4, 0.5) is 5.69 Å². The number of hydrogen-bond acceptors (Lipinski definition) is 7. The Morgan fingerprint density at radius 3 is 2.44 bits per heavy atom. The molecule has 2 aliphatic rings. The second-order valence-corrected chi connectivity index (χ2v) is 5.31. The van der Waals surface area contributed by atoms with Gasteiger partial charge in [-0.2, -0.15) is 0 Å². The first-order chi connectivity index (χ1) is 12.2. The summed E-state index contributed by atoms with van der Waals surface area (Å²) in [6.45, 7) is 4.00. The summed E-state index contributed by atoms with van der Waals surface area (Å²) in [5.41, 5.74) is 1.18. The standard InChI is InChI=1S/C18H19N3O4/c1-3-24-17(22)13-10-11-15-20(12-13)16(18(23)25-4-2)19-21(15)14-8-6-5-7-9-14/h5-12,15H,3-4H2,1-2H3. The zero-order valence-electron chi connectivity index (χ0n) is 14.1. The molecule has 0 aliphatic carbocycles. The molecule has 0 saturated heterocycles. The van der Waals surface area contributed by atoms with Crippen LogP contribution in [0.2, 0.25) is 0 Å². The largest absolute Gasteiger partial charge is 0.462 e. The van der Waals surface area contributed by atoms with E-state index in [1.165, 1.54) is 0 Å². The molecule has 25 heavy (non-hydrogen) atoms. The van der Waals surface area contributed by atoms with Gasteiger partial charge in [-0.05, 0) is 38.1 Å². The van der Waals surface area contributed by atoms with E-state index in [-0.39, 0.29) is 25.2 Å². The molecule has 7 heteroatoms. The fourth-order valence-corrected chi connectivity index (χ4v) is 2.62. The Kier molecular flexibility index (Phi) is 4.83. The van der Waals surface area contributed by atoms with Gasteiger partial charge in [-0.15, -0.1) is 5.10 Å². The molecule has 3 rings (SSSR count). The lowest BCUT2D eigenvalue weighted by Gasteiger charge is -2.29. The maximum atomic E-state index is 12.3. The summed E-state index contributed by atoms with van der Waals surface area (Å²) in [6.07, 6.45) is 4.70. The summed E-state index contributed by atoms with van der Waals surface area (Å²) in [6, 6.07) is 9.49. The predicted octanol–water partition coefficient (Wildman–Crippen LogP) is 2.03. The van der Waals surface area contributed by atoms with E-state index < -0.39 is 11.9 Å². The Morgan fingerprint density at radius 2 is 1.76 bits per heavy atom. The molecule has 0 aromatic heterocycles. The van der Waals surface area contributed by atoms with Crippen LogP contribution in [0.5, 0.6) is 0 Å². The number of ether oxygens (including phenoxy) is 2. The molecule has 0 spiro atoms. The molecule has 0 bridgehead atoms. The fraction of sp³-hybridized carbons (Fsp3) is 0.278. The summed E-state index contributed by atoms with van der Waals surface area (Å²) in [5, 5.41) is 6.12. The van der Waals surface area contributed by atoms with E-state index in [1.807, 2.05) is 30.3 Å². The van der Waals surface area contributed by atoms with Crippen LogP contribution < -0.4 is 5.01 Å². The van der Waals surface area contributed by atoms with Gasteiger partial charge in [0.2, 0.25) is 5.84 Å². The van der Waals surface area contributed by atoms with Crippen LogP contribution in [0.25, 0.3) is 0 Å². The van der Waals surface area contributed by atoms with Crippen LogP contribution in [0.15, 0.2) is 59.4 Å². The smallest absolute Gasteiger partial charge is 0.376 e. The van der Waals surface area contributed by atoms with Gasteiger partial charge in [0.05, 0.1) is 24.5 Å². The molecular weight excluding hydrogens is 322 g/mol. The van der Waals surface area contributed by atoms with Crippen molar-refractivity contribution in [3.8, 4) is 0 Å². The minimum Gasteiger partial charge on any atom is -0.462 e. The molecule has 0 fully saturated rings. The van der Waals surface area contributed by atoms with E-state index in [9.17, 15) is 9.59 Å². The zero-order chi connectivity index (χ0) is 17.8. The van der Waals surface area contributed by atoms with Gasteiger partial charge in [-0.1, -0.05) is 18.2 Å². The molecule has 0 saturated carbocycles. The molecule has 2 aliphatic heterocycles. The number of benzene rings is 1. The van der Waals surface area contributed by atoms with Gasteiger partial charge < -0.3 is 9.47 Å². The van der Waals surface area contributed by atoms with Gasteiger partial charge in [0.1, 0.15) is 6.17 Å². The molecule has 7 nitrogen and oxygen atoms in total. The molecule has 1 atom stereocenters. The minimum atomic E-state index is -0.541. The number of nitrogens with zero attached hydrogens (tertiary/aromatic N) is 3. The number of carbonyl (C=O) groups excluding carboxylic acids is 2. The van der Waals surface area contributed by atoms with E-state index in [1.54, 1.807) is 42.1 Å². The number of anilines is 1. The maximum Gasteiger partial charge on any atom is 0.376 e. The number of para-hydroxylation sites is 1. The number of amidine groups is 1. The van der Waals surface area contributed by atoms with E-state index >= 15 is 0 Å². The van der Waals surface area contributed by atoms with Gasteiger partial charge in [-0.25, -0.2) is 14.6 Å². The number of hydrogen-bond donors (Lipinski definition) is 0. The molecular formula is C18H19N3O4. The van der Waals surface area contributed by atoms with Gasteiger partial charge in [0.25, 0.3) is 0 Å². The van der Waals surface area contributed by atoms with Crippen molar-refractivity contribution in [1.82, 2.24) is 4.90 Å². The van der Waals surface area contributed by atoms with Crippen LogP contribution in [-0.2, 0) is 19.1 Å². The maximum absolute atomic E-state index is 12.3. The van der Waals surface area contributed by atoms with Crippen LogP contribution >= 0.6 is 0 Å². The highest BCUT2D eigenvalue weighted by atomic mass is 16.5. The van der Waals surface area contributed by atoms with Gasteiger partial charge >= 0.3 is 11.9 Å². The summed E-state index contributed by atoms with van der Waals surface area (Å²) >= 11 is 0. The Labute approximate surface area is 145 Å². The lowest BCUT2D eigenvalue weighted by atomic mass is 10.1. The number of hydrazone groups is 1. The highest BCUT2D eigenvalue weighted by Crippen LogP contribution is 2.29. The number of fused-ring (bicyclic) bond motifs is 1. The first kappa shape index (κ1) is 16.8. The third-order valence-electron chi connectivity index (χ3n) is 3.70. The molecule has 0 radical (unpaired) electrons. The molecule has 1 aromatic rings. The summed E-state index contributed by atoms with van der Waals surface area (Å²) < 4.78 is 10.1. The Hall–Kier alpha value is -3.09. The van der Waals surface area contributed by atoms with Gasteiger partial charge in [0, 0.05) is 6.20 Å². The SMILES string of the molecule is CCOC(=O)C1=CN2C(C(=O)OCC)=NN(c3ccccc3)C2C=C1. The van der Waals surface area contributed by atoms with E-state index in [0.717, 1.165) is 5.69 Å². The second-order valence-electron chi connectivity index (χ2n) is 5.31. The molecule has 1 unspecified atom stereocenters. The lowest BCUT2D eigenvalue weighted by molar-refractivity contribution is -0.138. The average Bonchev–Trinajstić information content (AvgIpc) is 3.02. The summed E-state index contributed by atoms with van der Waals surface area (Å²) in [5.74, 6) is -0.860. The first-order valence-electron chi connectivity index (χ1n) is 8.11. The molecule has 0 N–H and O–H groups in total. The normalized spacial score (nSPS) is 18.4. The van der Waals surface area contributed by atoms with Crippen LogP contribution in [-0.4, -0.2) is 42.1 Å². The summed E-state index contributed by atoms with van der Waals surface area (Å²) in [7, 11) is 0. The van der Waals surface area contributed by atoms with Gasteiger partial charge in [0.15, 0.2) is 0 Å². The van der Waals surface area contributed by atoms with Crippen molar-refractivity contribution in [3.05, 3.63) is 54.3 Å². The van der Waals surface area contributed by atoms with Crippen molar-refractivity contribution >= 4 is 23.5 Å². The third kappa shape index (κ3) is 3.26. The van der Waals surface area contributed by atoms with Crippen molar-refractivity contribution < 1.29 is 19.1 Å². The monoisotopic (exact) mass is 341 g/mol. The van der Waals surface area contributed by atoms with Crippen molar-refractivity contribution in [2.45, 2.75) is 20.0 Å². The zero-order valence-corrected chi connectivity index (χ0v) is 14.1. The van der Waals surface area contributed by atoms with E-state index in [0.29, 0.717) is 5.57 Å². The number of carbonyl (C=O) groups is 2. The number of rotatable bonds is 5. The third-order valence-corrected chi connectivity index (χ3v) is 3.70. The van der Waals surface area contributed by atoms with Crippen LogP contribution in [0, 0.1) is 0 Å². The Morgan fingerprint density at radius 1 is 1.08 bits per heavy atom. The number of esters is 2. The van der Waals surface area contributed by atoms with Crippen molar-refractivity contribution in [1.29, 1.82) is 0 Å². The van der Waals surface area contributed by atoms with Crippen LogP contribution in [0.1, 0.15) is 13.8 Å². The lowest BCUT2D eigenvalue weighted by Crippen LogP contribution is -2.42. The first-order valence-corrected chi connectivity index (χ1v) is 8.11. The topological polar surface area (TPSA) is 71.4 Å². The highest BCUT2D eigenvalue weighted by Gasteiger charge is 2.39. The quantitative estimate of drug-likeness (QED) is 0.763. The Balaban J connectivity index is 1.95. The summed E-state index contributed by atoms with van der Waals surface area (Å²) in [4.78, 5) is 25.9. The molecule has 0 amide bonds. The van der Waals surface area contributed by atoms with E-state index in [2.05, 4.69) is 5.10 Å². The van der Waals surface area contributed by atoms with Gasteiger partial charge in [-0.3, -0.25) is 4.90 Å². The van der Waals surface area contributed by atoms with Crippen molar-refractivity contribution in [3.63, 3.8) is 0 Å². The predicted molar refractivity (Wildman–Crippen MR) is 92.5 cm³/mol.